The summed E-state index contributed by atoms with van der Waals surface area (Å²) in [6.45, 7) is 0. The standard InChI is InChI=1S/C11H9NO/c12-11-6-8(7-13)5-9-3-1-2-4-10(9)11/h1-7H,12H2. The van der Waals surface area contributed by atoms with Crippen LogP contribution in [0.4, 0.5) is 5.69 Å². The molecule has 0 aromatic heterocycles. The number of carbonyl (C=O) groups is 1. The smallest absolute Gasteiger partial charge is 0.150 e. The van der Waals surface area contributed by atoms with E-state index in [9.17, 15) is 4.79 Å². The Labute approximate surface area is 76.0 Å². The SMILES string of the molecule is Nc1cc(C=O)cc2ccccc12. The molecule has 0 bridgehead atoms. The van der Waals surface area contributed by atoms with E-state index in [2.05, 4.69) is 0 Å². The molecule has 2 heteroatoms. The van der Waals surface area contributed by atoms with Gasteiger partial charge in [-0.25, -0.2) is 0 Å². The first-order chi connectivity index (χ1) is 6.31. The van der Waals surface area contributed by atoms with Crippen molar-refractivity contribution >= 4 is 22.7 Å². The van der Waals surface area contributed by atoms with Crippen molar-refractivity contribution in [2.75, 3.05) is 5.73 Å². The zero-order valence-corrected chi connectivity index (χ0v) is 7.03. The molecule has 64 valence electrons. The quantitative estimate of drug-likeness (QED) is 0.528. The van der Waals surface area contributed by atoms with Crippen LogP contribution in [0.25, 0.3) is 10.8 Å². The molecule has 0 amide bonds. The Balaban J connectivity index is 2.84. The largest absolute Gasteiger partial charge is 0.398 e. The second kappa shape index (κ2) is 2.90. The van der Waals surface area contributed by atoms with E-state index < -0.39 is 0 Å². The Morgan fingerprint density at radius 2 is 1.92 bits per heavy atom. The molecule has 0 saturated heterocycles. The zero-order valence-electron chi connectivity index (χ0n) is 7.03. The summed E-state index contributed by atoms with van der Waals surface area (Å²) in [6, 6.07) is 11.3. The number of carbonyl (C=O) groups excluding carboxylic acids is 1. The van der Waals surface area contributed by atoms with Gasteiger partial charge in [0, 0.05) is 16.6 Å². The lowest BCUT2D eigenvalue weighted by Gasteiger charge is -2.02. The minimum atomic E-state index is 0.621. The molecule has 2 aromatic carbocycles. The Morgan fingerprint density at radius 1 is 1.15 bits per heavy atom. The molecule has 2 N–H and O–H groups in total. The summed E-state index contributed by atoms with van der Waals surface area (Å²) in [7, 11) is 0. The third kappa shape index (κ3) is 1.26. The van der Waals surface area contributed by atoms with E-state index in [1.165, 1.54) is 0 Å². The van der Waals surface area contributed by atoms with Crippen molar-refractivity contribution in [3.63, 3.8) is 0 Å². The molecular weight excluding hydrogens is 162 g/mol. The van der Waals surface area contributed by atoms with Crippen molar-refractivity contribution in [1.82, 2.24) is 0 Å². The van der Waals surface area contributed by atoms with Crippen molar-refractivity contribution in [3.05, 3.63) is 42.0 Å². The van der Waals surface area contributed by atoms with Crippen LogP contribution >= 0.6 is 0 Å². The summed E-state index contributed by atoms with van der Waals surface area (Å²) >= 11 is 0. The van der Waals surface area contributed by atoms with Crippen LogP contribution in [-0.4, -0.2) is 6.29 Å². The number of anilines is 1. The summed E-state index contributed by atoms with van der Waals surface area (Å²) in [5.41, 5.74) is 7.05. The second-order valence-electron chi connectivity index (χ2n) is 2.95. The van der Waals surface area contributed by atoms with Crippen molar-refractivity contribution < 1.29 is 4.79 Å². The summed E-state index contributed by atoms with van der Waals surface area (Å²) in [5.74, 6) is 0. The van der Waals surface area contributed by atoms with Gasteiger partial charge in [0.15, 0.2) is 0 Å². The van der Waals surface area contributed by atoms with Crippen molar-refractivity contribution in [1.29, 1.82) is 0 Å². The molecule has 0 heterocycles. The van der Waals surface area contributed by atoms with E-state index in [4.69, 9.17) is 5.73 Å². The van der Waals surface area contributed by atoms with Gasteiger partial charge < -0.3 is 5.73 Å². The van der Waals surface area contributed by atoms with Gasteiger partial charge in [0.1, 0.15) is 6.29 Å². The fourth-order valence-electron chi connectivity index (χ4n) is 1.43. The predicted molar refractivity (Wildman–Crippen MR) is 53.7 cm³/mol. The number of nitrogens with two attached hydrogens (primary N) is 1. The highest BCUT2D eigenvalue weighted by Gasteiger charge is 1.99. The molecule has 0 saturated carbocycles. The van der Waals surface area contributed by atoms with E-state index >= 15 is 0 Å². The first-order valence-corrected chi connectivity index (χ1v) is 4.05. The minimum Gasteiger partial charge on any atom is -0.398 e. The number of rotatable bonds is 1. The molecule has 0 aliphatic carbocycles. The van der Waals surface area contributed by atoms with Crippen LogP contribution in [0.15, 0.2) is 36.4 Å². The molecule has 2 nitrogen and oxygen atoms in total. The van der Waals surface area contributed by atoms with Crippen molar-refractivity contribution in [2.24, 2.45) is 0 Å². The number of hydrogen-bond acceptors (Lipinski definition) is 2. The Kier molecular flexibility index (Phi) is 1.74. The van der Waals surface area contributed by atoms with Gasteiger partial charge in [-0.3, -0.25) is 4.79 Å². The van der Waals surface area contributed by atoms with Gasteiger partial charge in [0.25, 0.3) is 0 Å². The summed E-state index contributed by atoms with van der Waals surface area (Å²) in [4.78, 5) is 10.5. The first-order valence-electron chi connectivity index (χ1n) is 4.05. The monoisotopic (exact) mass is 171 g/mol. The van der Waals surface area contributed by atoms with Crippen LogP contribution in [0.5, 0.6) is 0 Å². The molecule has 0 spiro atoms. The molecule has 0 aliphatic rings. The predicted octanol–water partition coefficient (Wildman–Crippen LogP) is 2.23. The Bertz CT molecular complexity index is 463. The fourth-order valence-corrected chi connectivity index (χ4v) is 1.43. The van der Waals surface area contributed by atoms with Gasteiger partial charge in [-0.05, 0) is 17.5 Å². The summed E-state index contributed by atoms with van der Waals surface area (Å²) in [5, 5.41) is 2.00. The molecule has 2 rings (SSSR count). The molecule has 0 atom stereocenters. The lowest BCUT2D eigenvalue weighted by Crippen LogP contribution is -1.89. The number of benzene rings is 2. The van der Waals surface area contributed by atoms with Crippen LogP contribution < -0.4 is 5.73 Å². The summed E-state index contributed by atoms with van der Waals surface area (Å²) < 4.78 is 0. The zero-order chi connectivity index (χ0) is 9.26. The van der Waals surface area contributed by atoms with Crippen LogP contribution in [0.1, 0.15) is 10.4 Å². The van der Waals surface area contributed by atoms with Crippen molar-refractivity contribution in [3.8, 4) is 0 Å². The van der Waals surface area contributed by atoms with E-state index in [0.29, 0.717) is 11.3 Å². The average molecular weight is 171 g/mol. The topological polar surface area (TPSA) is 43.1 Å². The highest BCUT2D eigenvalue weighted by molar-refractivity contribution is 5.97. The number of nitrogen functional groups attached to an aromatic ring is 1. The lowest BCUT2D eigenvalue weighted by atomic mass is 10.1. The van der Waals surface area contributed by atoms with Gasteiger partial charge in [0.2, 0.25) is 0 Å². The maximum Gasteiger partial charge on any atom is 0.150 e. The van der Waals surface area contributed by atoms with E-state index in [1.807, 2.05) is 30.3 Å². The highest BCUT2D eigenvalue weighted by Crippen LogP contribution is 2.21. The minimum absolute atomic E-state index is 0.621. The number of fused-ring (bicyclic) bond motifs is 1. The average Bonchev–Trinajstić information content (AvgIpc) is 2.18. The van der Waals surface area contributed by atoms with Crippen LogP contribution in [0, 0.1) is 0 Å². The molecule has 2 aromatic rings. The van der Waals surface area contributed by atoms with Gasteiger partial charge in [-0.15, -0.1) is 0 Å². The molecule has 0 radical (unpaired) electrons. The van der Waals surface area contributed by atoms with E-state index in [1.54, 1.807) is 6.07 Å². The molecule has 0 aliphatic heterocycles. The first kappa shape index (κ1) is 7.80. The number of hydrogen-bond donors (Lipinski definition) is 1. The van der Waals surface area contributed by atoms with E-state index in [-0.39, 0.29) is 0 Å². The van der Waals surface area contributed by atoms with Gasteiger partial charge in [-0.2, -0.15) is 0 Å². The fraction of sp³-hybridized carbons (Fsp3) is 0. The maximum absolute atomic E-state index is 10.5. The van der Waals surface area contributed by atoms with Crippen LogP contribution in [0.2, 0.25) is 0 Å². The molecule has 13 heavy (non-hydrogen) atoms. The molecule has 0 unspecified atom stereocenters. The normalized spacial score (nSPS) is 10.2. The third-order valence-corrected chi connectivity index (χ3v) is 2.05. The summed E-state index contributed by atoms with van der Waals surface area (Å²) in [6.07, 6.45) is 0.808. The maximum atomic E-state index is 10.5. The van der Waals surface area contributed by atoms with Gasteiger partial charge in [0.05, 0.1) is 0 Å². The van der Waals surface area contributed by atoms with Gasteiger partial charge >= 0.3 is 0 Å². The van der Waals surface area contributed by atoms with E-state index in [0.717, 1.165) is 17.1 Å². The molecule has 0 fully saturated rings. The third-order valence-electron chi connectivity index (χ3n) is 2.05. The Hall–Kier alpha value is -1.83. The lowest BCUT2D eigenvalue weighted by molar-refractivity contribution is 0.112. The highest BCUT2D eigenvalue weighted by atomic mass is 16.1. The Morgan fingerprint density at radius 3 is 2.69 bits per heavy atom. The van der Waals surface area contributed by atoms with Crippen molar-refractivity contribution in [2.45, 2.75) is 0 Å². The van der Waals surface area contributed by atoms with Crippen LogP contribution in [0.3, 0.4) is 0 Å². The second-order valence-corrected chi connectivity index (χ2v) is 2.95. The van der Waals surface area contributed by atoms with Gasteiger partial charge in [-0.1, -0.05) is 24.3 Å². The molecular formula is C11H9NO. The number of aldehydes is 1. The van der Waals surface area contributed by atoms with Crippen LogP contribution in [-0.2, 0) is 0 Å².